The lowest BCUT2D eigenvalue weighted by atomic mass is 9.49. The van der Waals surface area contributed by atoms with Gasteiger partial charge >= 0.3 is 5.97 Å². The zero-order chi connectivity index (χ0) is 38.5. The van der Waals surface area contributed by atoms with Crippen LogP contribution in [0, 0.1) is 23.2 Å². The summed E-state index contributed by atoms with van der Waals surface area (Å²) in [5, 5.41) is 0. The van der Waals surface area contributed by atoms with E-state index in [0.717, 1.165) is 95.9 Å². The van der Waals surface area contributed by atoms with Gasteiger partial charge in [-0.1, -0.05) is 60.7 Å². The van der Waals surface area contributed by atoms with Gasteiger partial charge in [0, 0.05) is 55.9 Å². The third-order valence-electron chi connectivity index (χ3n) is 13.0. The van der Waals surface area contributed by atoms with Crippen LogP contribution in [0.1, 0.15) is 67.2 Å². The minimum absolute atomic E-state index is 0.0858. The summed E-state index contributed by atoms with van der Waals surface area (Å²) in [4.78, 5) is 17.5. The number of aryl methyl sites for hydroxylation is 1. The second-order valence-corrected chi connectivity index (χ2v) is 16.6. The maximum Gasteiger partial charge on any atom is 0.312 e. The van der Waals surface area contributed by atoms with E-state index in [2.05, 4.69) is 109 Å². The summed E-state index contributed by atoms with van der Waals surface area (Å²) in [6, 6.07) is 33.9. The highest BCUT2D eigenvalue weighted by molar-refractivity contribution is 5.79. The molecule has 0 amide bonds. The first-order valence-electron chi connectivity index (χ1n) is 20.7. The molecule has 296 valence electrons. The molecule has 8 heteroatoms. The van der Waals surface area contributed by atoms with Gasteiger partial charge in [-0.15, -0.1) is 0 Å². The van der Waals surface area contributed by atoms with Crippen molar-refractivity contribution in [3.8, 4) is 5.75 Å². The highest BCUT2D eigenvalue weighted by Crippen LogP contribution is 2.60. The van der Waals surface area contributed by atoms with Crippen LogP contribution in [-0.4, -0.2) is 73.4 Å². The molecule has 4 aliphatic carbocycles. The van der Waals surface area contributed by atoms with Crippen LogP contribution in [0.5, 0.6) is 5.75 Å². The van der Waals surface area contributed by atoms with Crippen molar-refractivity contribution in [2.75, 3.05) is 77.2 Å². The van der Waals surface area contributed by atoms with Crippen molar-refractivity contribution in [2.24, 2.45) is 23.2 Å². The van der Waals surface area contributed by atoms with E-state index < -0.39 is 5.60 Å². The van der Waals surface area contributed by atoms with E-state index in [-0.39, 0.29) is 11.4 Å². The minimum atomic E-state index is -0.706. The lowest BCUT2D eigenvalue weighted by molar-refractivity contribution is -0.171. The number of rotatable bonds is 18. The number of para-hydroxylation sites is 2. The Labute approximate surface area is 333 Å². The molecule has 4 aromatic carbocycles. The lowest BCUT2D eigenvalue weighted by Gasteiger charge is -2.55. The van der Waals surface area contributed by atoms with Gasteiger partial charge in [-0.05, 0) is 117 Å². The number of hydrogen-bond acceptors (Lipinski definition) is 8. The highest BCUT2D eigenvalue weighted by Gasteiger charge is 2.55. The predicted molar refractivity (Wildman–Crippen MR) is 221 cm³/mol. The summed E-state index contributed by atoms with van der Waals surface area (Å²) in [7, 11) is 6.01. The number of benzene rings is 4. The quantitative estimate of drug-likeness (QED) is 0.0737. The van der Waals surface area contributed by atoms with Gasteiger partial charge in [-0.3, -0.25) is 4.79 Å². The summed E-state index contributed by atoms with van der Waals surface area (Å²) in [5.41, 5.74) is 7.12. The molecular formula is C48H58N2O6. The lowest BCUT2D eigenvalue weighted by Crippen LogP contribution is -2.50. The van der Waals surface area contributed by atoms with Gasteiger partial charge in [0.25, 0.3) is 0 Å². The van der Waals surface area contributed by atoms with Crippen LogP contribution in [0.3, 0.4) is 0 Å². The van der Waals surface area contributed by atoms with E-state index in [9.17, 15) is 4.79 Å². The molecule has 0 atom stereocenters. The molecule has 0 aromatic heterocycles. The van der Waals surface area contributed by atoms with E-state index in [1.807, 2.05) is 12.1 Å². The average Bonchev–Trinajstić information content (AvgIpc) is 3.22. The number of carbonyl (C=O) groups excluding carboxylic acids is 1. The van der Waals surface area contributed by atoms with Gasteiger partial charge in [0.1, 0.15) is 18.0 Å². The number of nitrogens with zero attached hydrogens (tertiary/aromatic N) is 2. The molecule has 0 unspecified atom stereocenters. The van der Waals surface area contributed by atoms with E-state index in [4.69, 9.17) is 23.7 Å². The standard InChI is InChI=1S/C48H58N2O6/c1-49(40-18-16-39(17-19-40)48(52-3)42-10-4-6-12-44(42)50(2)45-13-7-5-11-43(45)48)22-24-53-25-26-54-27-28-55-41-20-14-35(15-21-41)9-8-23-56-46(51)47-32-36-29-37(33-47)31-38(30-36)34-47/h4-7,10-21,36-38H,8-9,22-34H2,1-3H3. The Hall–Kier alpha value is -4.37. The number of anilines is 3. The fourth-order valence-electron chi connectivity index (χ4n) is 10.6. The number of carbonyl (C=O) groups is 1. The topological polar surface area (TPSA) is 69.7 Å². The second-order valence-electron chi connectivity index (χ2n) is 16.6. The van der Waals surface area contributed by atoms with Crippen LogP contribution in [-0.2, 0) is 35.8 Å². The Morgan fingerprint density at radius 1 is 0.714 bits per heavy atom. The van der Waals surface area contributed by atoms with Gasteiger partial charge in [-0.2, -0.15) is 0 Å². The van der Waals surface area contributed by atoms with Crippen molar-refractivity contribution < 1.29 is 28.5 Å². The van der Waals surface area contributed by atoms with Crippen molar-refractivity contribution in [1.29, 1.82) is 0 Å². The van der Waals surface area contributed by atoms with Crippen LogP contribution in [0.15, 0.2) is 97.1 Å². The van der Waals surface area contributed by atoms with E-state index in [0.29, 0.717) is 39.6 Å². The third-order valence-corrected chi connectivity index (χ3v) is 13.0. The minimum Gasteiger partial charge on any atom is -0.491 e. The number of hydrogen-bond donors (Lipinski definition) is 0. The van der Waals surface area contributed by atoms with E-state index in [1.54, 1.807) is 7.11 Å². The zero-order valence-corrected chi connectivity index (χ0v) is 33.4. The molecule has 8 nitrogen and oxygen atoms in total. The van der Waals surface area contributed by atoms with Crippen molar-refractivity contribution in [2.45, 2.75) is 57.0 Å². The van der Waals surface area contributed by atoms with Gasteiger partial charge < -0.3 is 33.5 Å². The Morgan fingerprint density at radius 2 is 1.29 bits per heavy atom. The number of likely N-dealkylation sites (N-methyl/N-ethyl adjacent to an activating group) is 1. The monoisotopic (exact) mass is 758 g/mol. The SMILES string of the molecule is COC1(c2ccc(N(C)CCOCCOCCOc3ccc(CCCOC(=O)C45CC6CC(CC(C6)C4)C5)cc3)cc2)c2ccccc2N(C)c2ccccc21. The molecule has 9 rings (SSSR count). The fraction of sp³-hybridized carbons (Fsp3) is 0.479. The molecule has 0 radical (unpaired) electrons. The van der Waals surface area contributed by atoms with Gasteiger partial charge in [0.15, 0.2) is 0 Å². The fourth-order valence-corrected chi connectivity index (χ4v) is 10.6. The molecule has 4 saturated carbocycles. The third kappa shape index (κ3) is 7.80. The summed E-state index contributed by atoms with van der Waals surface area (Å²) in [5.74, 6) is 3.19. The largest absolute Gasteiger partial charge is 0.491 e. The Morgan fingerprint density at radius 3 is 1.89 bits per heavy atom. The normalized spacial score (nSPS) is 22.7. The molecule has 0 saturated heterocycles. The zero-order valence-electron chi connectivity index (χ0n) is 33.4. The molecule has 5 aliphatic rings. The number of methoxy groups -OCH3 is 1. The van der Waals surface area contributed by atoms with Crippen LogP contribution >= 0.6 is 0 Å². The number of fused-ring (bicyclic) bond motifs is 2. The summed E-state index contributed by atoms with van der Waals surface area (Å²) in [6.45, 7) is 3.90. The predicted octanol–water partition coefficient (Wildman–Crippen LogP) is 8.95. The van der Waals surface area contributed by atoms with Gasteiger partial charge in [-0.25, -0.2) is 0 Å². The highest BCUT2D eigenvalue weighted by atomic mass is 16.5. The van der Waals surface area contributed by atoms with Crippen molar-refractivity contribution in [1.82, 2.24) is 0 Å². The van der Waals surface area contributed by atoms with Crippen LogP contribution in [0.25, 0.3) is 0 Å². The van der Waals surface area contributed by atoms with Crippen molar-refractivity contribution >= 4 is 23.0 Å². The molecule has 0 N–H and O–H groups in total. The Balaban J connectivity index is 0.703. The van der Waals surface area contributed by atoms with Crippen molar-refractivity contribution in [3.63, 3.8) is 0 Å². The molecular weight excluding hydrogens is 701 g/mol. The number of esters is 1. The molecule has 0 spiro atoms. The Kier molecular flexibility index (Phi) is 11.7. The summed E-state index contributed by atoms with van der Waals surface area (Å²) in [6.07, 6.45) is 8.95. The summed E-state index contributed by atoms with van der Waals surface area (Å²) >= 11 is 0. The Bertz CT molecular complexity index is 1840. The molecule has 4 fully saturated rings. The van der Waals surface area contributed by atoms with Crippen molar-refractivity contribution in [3.05, 3.63) is 119 Å². The first-order valence-corrected chi connectivity index (χ1v) is 20.7. The molecule has 56 heavy (non-hydrogen) atoms. The molecule has 1 heterocycles. The number of ether oxygens (including phenoxy) is 5. The molecule has 1 aliphatic heterocycles. The molecule has 4 aromatic rings. The van der Waals surface area contributed by atoms with Crippen LogP contribution < -0.4 is 14.5 Å². The van der Waals surface area contributed by atoms with E-state index in [1.165, 1.54) is 24.8 Å². The first kappa shape index (κ1) is 38.5. The molecule has 4 bridgehead atoms. The van der Waals surface area contributed by atoms with Gasteiger partial charge in [0.05, 0.1) is 38.4 Å². The summed E-state index contributed by atoms with van der Waals surface area (Å²) < 4.78 is 29.9. The maximum atomic E-state index is 13.1. The first-order chi connectivity index (χ1) is 27.4. The van der Waals surface area contributed by atoms with E-state index >= 15 is 0 Å². The van der Waals surface area contributed by atoms with Gasteiger partial charge in [0.2, 0.25) is 0 Å². The average molecular weight is 759 g/mol. The maximum absolute atomic E-state index is 13.1. The second kappa shape index (κ2) is 17.0. The smallest absolute Gasteiger partial charge is 0.312 e. The van der Waals surface area contributed by atoms with Crippen LogP contribution in [0.2, 0.25) is 0 Å². The van der Waals surface area contributed by atoms with Crippen LogP contribution in [0.4, 0.5) is 17.1 Å².